The quantitative estimate of drug-likeness (QED) is 0.647. The van der Waals surface area contributed by atoms with E-state index in [1.165, 1.54) is 6.07 Å². The molecule has 0 spiro atoms. The smallest absolute Gasteiger partial charge is 0.306 e. The minimum atomic E-state index is -3.55. The zero-order valence-corrected chi connectivity index (χ0v) is 13.1. The summed E-state index contributed by atoms with van der Waals surface area (Å²) < 4.78 is 26.9. The second-order valence-corrected chi connectivity index (χ2v) is 6.58. The van der Waals surface area contributed by atoms with E-state index in [0.717, 1.165) is 0 Å². The van der Waals surface area contributed by atoms with Gasteiger partial charge >= 0.3 is 5.97 Å². The van der Waals surface area contributed by atoms with Crippen LogP contribution in [0.2, 0.25) is 0 Å². The van der Waals surface area contributed by atoms with Crippen molar-refractivity contribution in [3.63, 3.8) is 0 Å². The number of benzene rings is 1. The topological polar surface area (TPSA) is 95.5 Å². The second kappa shape index (κ2) is 7.99. The molecule has 118 valence electrons. The van der Waals surface area contributed by atoms with Gasteiger partial charge in [0.2, 0.25) is 10.0 Å². The summed E-state index contributed by atoms with van der Waals surface area (Å²) >= 11 is 0. The predicted octanol–water partition coefficient (Wildman–Crippen LogP) is 1.90. The molecule has 1 unspecified atom stereocenters. The Kier molecular flexibility index (Phi) is 6.64. The molecule has 6 nitrogen and oxygen atoms in total. The molecule has 0 saturated heterocycles. The van der Waals surface area contributed by atoms with Crippen LogP contribution in [0.4, 0.5) is 5.69 Å². The van der Waals surface area contributed by atoms with Crippen molar-refractivity contribution in [2.45, 2.75) is 31.6 Å². The summed E-state index contributed by atoms with van der Waals surface area (Å²) in [4.78, 5) is 10.9. The third-order valence-electron chi connectivity index (χ3n) is 3.03. The average molecular weight is 314 g/mol. The Labute approximate surface area is 125 Å². The summed E-state index contributed by atoms with van der Waals surface area (Å²) in [5.41, 5.74) is 0.485. The minimum Gasteiger partial charge on any atom is -0.481 e. The van der Waals surface area contributed by atoms with E-state index in [9.17, 15) is 13.2 Å². The molecule has 0 amide bonds. The summed E-state index contributed by atoms with van der Waals surface area (Å²) in [6.45, 7) is 4.29. The number of nitrogens with one attached hydrogen (secondary N) is 2. The van der Waals surface area contributed by atoms with Gasteiger partial charge in [-0.25, -0.2) is 13.1 Å². The monoisotopic (exact) mass is 314 g/mol. The Balaban J connectivity index is 2.78. The number of carbonyl (C=O) groups is 1. The van der Waals surface area contributed by atoms with Gasteiger partial charge in [0.15, 0.2) is 0 Å². The number of sulfonamides is 1. The molecule has 1 rings (SSSR count). The molecule has 0 aliphatic rings. The summed E-state index contributed by atoms with van der Waals surface area (Å²) in [5.74, 6) is -1.33. The van der Waals surface area contributed by atoms with Crippen LogP contribution in [-0.4, -0.2) is 32.6 Å². The van der Waals surface area contributed by atoms with E-state index in [2.05, 4.69) is 10.0 Å². The van der Waals surface area contributed by atoms with Crippen molar-refractivity contribution in [3.05, 3.63) is 24.3 Å². The molecule has 3 N–H and O–H groups in total. The van der Waals surface area contributed by atoms with Gasteiger partial charge in [0, 0.05) is 13.1 Å². The van der Waals surface area contributed by atoms with E-state index < -0.39 is 21.9 Å². The Morgan fingerprint density at radius 2 is 1.95 bits per heavy atom. The summed E-state index contributed by atoms with van der Waals surface area (Å²) in [7, 11) is -3.55. The number of para-hydroxylation sites is 1. The Morgan fingerprint density at radius 3 is 2.57 bits per heavy atom. The van der Waals surface area contributed by atoms with E-state index in [4.69, 9.17) is 5.11 Å². The van der Waals surface area contributed by atoms with Crippen LogP contribution in [0.15, 0.2) is 29.2 Å². The SMILES string of the molecule is CCCNS(=O)(=O)c1ccccc1NCCC(C)C(=O)O. The molecule has 7 heteroatoms. The normalized spacial score (nSPS) is 12.9. The van der Waals surface area contributed by atoms with Gasteiger partial charge in [-0.15, -0.1) is 0 Å². The first-order valence-electron chi connectivity index (χ1n) is 6.94. The number of hydrogen-bond donors (Lipinski definition) is 3. The first-order valence-corrected chi connectivity index (χ1v) is 8.42. The van der Waals surface area contributed by atoms with Gasteiger partial charge in [0.05, 0.1) is 11.6 Å². The fourth-order valence-electron chi connectivity index (χ4n) is 1.71. The molecule has 0 radical (unpaired) electrons. The number of anilines is 1. The van der Waals surface area contributed by atoms with Gasteiger partial charge in [0.25, 0.3) is 0 Å². The number of aliphatic carboxylic acids is 1. The largest absolute Gasteiger partial charge is 0.481 e. The molecule has 0 fully saturated rings. The zero-order chi connectivity index (χ0) is 15.9. The van der Waals surface area contributed by atoms with Gasteiger partial charge in [-0.2, -0.15) is 0 Å². The predicted molar refractivity (Wildman–Crippen MR) is 81.8 cm³/mol. The van der Waals surface area contributed by atoms with Crippen molar-refractivity contribution in [2.24, 2.45) is 5.92 Å². The van der Waals surface area contributed by atoms with Crippen molar-refractivity contribution in [1.29, 1.82) is 0 Å². The third kappa shape index (κ3) is 5.35. The van der Waals surface area contributed by atoms with Crippen LogP contribution in [-0.2, 0) is 14.8 Å². The van der Waals surface area contributed by atoms with Crippen LogP contribution in [0.5, 0.6) is 0 Å². The fraction of sp³-hybridized carbons (Fsp3) is 0.500. The third-order valence-corrected chi connectivity index (χ3v) is 4.55. The lowest BCUT2D eigenvalue weighted by Crippen LogP contribution is -2.25. The highest BCUT2D eigenvalue weighted by Crippen LogP contribution is 2.20. The van der Waals surface area contributed by atoms with Crippen molar-refractivity contribution < 1.29 is 18.3 Å². The molecule has 0 aliphatic carbocycles. The van der Waals surface area contributed by atoms with Crippen LogP contribution in [0.25, 0.3) is 0 Å². The van der Waals surface area contributed by atoms with Crippen LogP contribution in [0.1, 0.15) is 26.7 Å². The fourth-order valence-corrected chi connectivity index (χ4v) is 3.02. The van der Waals surface area contributed by atoms with E-state index in [0.29, 0.717) is 31.6 Å². The molecule has 0 heterocycles. The average Bonchev–Trinajstić information content (AvgIpc) is 2.45. The Morgan fingerprint density at radius 1 is 1.29 bits per heavy atom. The molecule has 1 atom stereocenters. The summed E-state index contributed by atoms with van der Waals surface area (Å²) in [6, 6.07) is 6.60. The van der Waals surface area contributed by atoms with E-state index in [1.54, 1.807) is 25.1 Å². The van der Waals surface area contributed by atoms with Crippen molar-refractivity contribution in [1.82, 2.24) is 4.72 Å². The number of hydrogen-bond acceptors (Lipinski definition) is 4. The first kappa shape index (κ1) is 17.5. The Bertz CT molecular complexity index is 572. The molecular weight excluding hydrogens is 292 g/mol. The molecule has 0 aromatic heterocycles. The van der Waals surface area contributed by atoms with Gasteiger partial charge < -0.3 is 10.4 Å². The van der Waals surface area contributed by atoms with E-state index >= 15 is 0 Å². The number of rotatable bonds is 9. The summed E-state index contributed by atoms with van der Waals surface area (Å²) in [6.07, 6.45) is 1.14. The highest BCUT2D eigenvalue weighted by molar-refractivity contribution is 7.89. The van der Waals surface area contributed by atoms with Gasteiger partial charge in [-0.3, -0.25) is 4.79 Å². The van der Waals surface area contributed by atoms with Crippen LogP contribution in [0, 0.1) is 5.92 Å². The van der Waals surface area contributed by atoms with Crippen LogP contribution < -0.4 is 10.0 Å². The standard InChI is InChI=1S/C14H22N2O4S/c1-3-9-16-21(19,20)13-7-5-4-6-12(13)15-10-8-11(2)14(17)18/h4-7,11,15-16H,3,8-10H2,1-2H3,(H,17,18). The zero-order valence-electron chi connectivity index (χ0n) is 12.3. The van der Waals surface area contributed by atoms with Gasteiger partial charge in [0.1, 0.15) is 4.90 Å². The molecule has 21 heavy (non-hydrogen) atoms. The molecular formula is C14H22N2O4S. The van der Waals surface area contributed by atoms with Gasteiger partial charge in [-0.05, 0) is 25.0 Å². The first-order chi connectivity index (χ1) is 9.88. The maximum absolute atomic E-state index is 12.2. The van der Waals surface area contributed by atoms with E-state index in [-0.39, 0.29) is 4.90 Å². The lowest BCUT2D eigenvalue weighted by atomic mass is 10.1. The summed E-state index contributed by atoms with van der Waals surface area (Å²) in [5, 5.41) is 11.8. The lowest BCUT2D eigenvalue weighted by Gasteiger charge is -2.14. The van der Waals surface area contributed by atoms with Crippen LogP contribution in [0.3, 0.4) is 0 Å². The lowest BCUT2D eigenvalue weighted by molar-refractivity contribution is -0.141. The maximum atomic E-state index is 12.2. The number of carboxylic acids is 1. The molecule has 1 aromatic carbocycles. The van der Waals surface area contributed by atoms with E-state index in [1.807, 2.05) is 6.92 Å². The van der Waals surface area contributed by atoms with Crippen molar-refractivity contribution in [2.75, 3.05) is 18.4 Å². The van der Waals surface area contributed by atoms with Crippen molar-refractivity contribution in [3.8, 4) is 0 Å². The van der Waals surface area contributed by atoms with Crippen molar-refractivity contribution >= 4 is 21.7 Å². The highest BCUT2D eigenvalue weighted by Gasteiger charge is 2.17. The molecule has 1 aromatic rings. The minimum absolute atomic E-state index is 0.182. The molecule has 0 saturated carbocycles. The highest BCUT2D eigenvalue weighted by atomic mass is 32.2. The Hall–Kier alpha value is -1.60. The second-order valence-electron chi connectivity index (χ2n) is 4.85. The van der Waals surface area contributed by atoms with Gasteiger partial charge in [-0.1, -0.05) is 26.0 Å². The van der Waals surface area contributed by atoms with Crippen LogP contribution >= 0.6 is 0 Å². The molecule has 0 bridgehead atoms. The molecule has 0 aliphatic heterocycles. The maximum Gasteiger partial charge on any atom is 0.306 e. The number of carboxylic acid groups (broad SMARTS) is 1.